The van der Waals surface area contributed by atoms with Gasteiger partial charge in [-0.1, -0.05) is 31.0 Å². The van der Waals surface area contributed by atoms with E-state index >= 15 is 0 Å². The Morgan fingerprint density at radius 3 is 2.61 bits per heavy atom. The molecule has 1 heterocycles. The second-order valence-corrected chi connectivity index (χ2v) is 7.49. The van der Waals surface area contributed by atoms with Crippen molar-refractivity contribution in [2.45, 2.75) is 58.4 Å². The van der Waals surface area contributed by atoms with Gasteiger partial charge in [-0.3, -0.25) is 0 Å². The summed E-state index contributed by atoms with van der Waals surface area (Å²) in [6.45, 7) is 8.00. The van der Waals surface area contributed by atoms with Crippen LogP contribution in [0.1, 0.15) is 55.5 Å². The number of nitrogens with zero attached hydrogens (tertiary/aromatic N) is 2. The maximum absolute atomic E-state index is 5.66. The Morgan fingerprint density at radius 2 is 1.96 bits per heavy atom. The average Bonchev–Trinajstić information content (AvgIpc) is 3.31. The molecule has 28 heavy (non-hydrogen) atoms. The number of aromatic nitrogens is 1. The molecule has 1 aliphatic rings. The zero-order valence-corrected chi connectivity index (χ0v) is 17.5. The van der Waals surface area contributed by atoms with Gasteiger partial charge in [0.15, 0.2) is 5.96 Å². The lowest BCUT2D eigenvalue weighted by molar-refractivity contribution is 0.371. The van der Waals surface area contributed by atoms with Crippen LogP contribution in [0.15, 0.2) is 33.7 Å². The second kappa shape index (κ2) is 9.13. The minimum atomic E-state index is 0.0684. The van der Waals surface area contributed by atoms with Gasteiger partial charge in [0, 0.05) is 24.1 Å². The molecule has 0 amide bonds. The molecule has 0 aliphatic heterocycles. The van der Waals surface area contributed by atoms with Crippen LogP contribution in [0.25, 0.3) is 0 Å². The molecule has 2 aromatic rings. The number of nitrogens with one attached hydrogen (secondary N) is 2. The molecule has 2 N–H and O–H groups in total. The van der Waals surface area contributed by atoms with Crippen molar-refractivity contribution in [2.24, 2.45) is 4.99 Å². The molecule has 0 atom stereocenters. The molecular weight excluding hydrogens is 352 g/mol. The number of ether oxygens (including phenoxy) is 1. The van der Waals surface area contributed by atoms with Crippen molar-refractivity contribution in [2.75, 3.05) is 20.2 Å². The van der Waals surface area contributed by atoms with Crippen LogP contribution in [0.3, 0.4) is 0 Å². The second-order valence-electron chi connectivity index (χ2n) is 7.49. The van der Waals surface area contributed by atoms with Crippen LogP contribution in [0.5, 0.6) is 5.75 Å². The van der Waals surface area contributed by atoms with E-state index in [2.05, 4.69) is 45.7 Å². The average molecular weight is 385 g/mol. The normalized spacial score (nSPS) is 16.2. The summed E-state index contributed by atoms with van der Waals surface area (Å²) in [7, 11) is 1.75. The minimum absolute atomic E-state index is 0.0684. The number of guanidine groups is 1. The first-order valence-corrected chi connectivity index (χ1v) is 10.2. The van der Waals surface area contributed by atoms with Gasteiger partial charge in [-0.05, 0) is 39.7 Å². The monoisotopic (exact) mass is 384 g/mol. The molecule has 0 radical (unpaired) electrons. The van der Waals surface area contributed by atoms with E-state index in [4.69, 9.17) is 9.15 Å². The summed E-state index contributed by atoms with van der Waals surface area (Å²) in [6, 6.07) is 8.39. The topological polar surface area (TPSA) is 71.7 Å². The number of aryl methyl sites for hydroxylation is 2. The predicted molar refractivity (Wildman–Crippen MR) is 112 cm³/mol. The van der Waals surface area contributed by atoms with Crippen molar-refractivity contribution in [3.05, 3.63) is 47.2 Å². The Balaban J connectivity index is 1.75. The first-order valence-electron chi connectivity index (χ1n) is 10.2. The lowest BCUT2D eigenvalue weighted by atomic mass is 9.78. The van der Waals surface area contributed by atoms with Crippen molar-refractivity contribution >= 4 is 5.96 Å². The van der Waals surface area contributed by atoms with Crippen LogP contribution in [0.4, 0.5) is 0 Å². The molecule has 0 unspecified atom stereocenters. The molecule has 1 aliphatic carbocycles. The quantitative estimate of drug-likeness (QED) is 0.560. The van der Waals surface area contributed by atoms with Crippen LogP contribution >= 0.6 is 0 Å². The number of aliphatic imine (C=N–C) groups is 1. The fourth-order valence-corrected chi connectivity index (χ4v) is 4.02. The van der Waals surface area contributed by atoms with Crippen LogP contribution in [-0.4, -0.2) is 31.1 Å². The summed E-state index contributed by atoms with van der Waals surface area (Å²) in [5.74, 6) is 3.26. The Morgan fingerprint density at radius 1 is 1.21 bits per heavy atom. The first-order chi connectivity index (χ1) is 13.6. The zero-order chi connectivity index (χ0) is 20.0. The van der Waals surface area contributed by atoms with Gasteiger partial charge in [0.25, 0.3) is 0 Å². The predicted octanol–water partition coefficient (Wildman–Crippen LogP) is 3.87. The summed E-state index contributed by atoms with van der Waals surface area (Å²) >= 11 is 0. The summed E-state index contributed by atoms with van der Waals surface area (Å²) in [4.78, 5) is 9.09. The van der Waals surface area contributed by atoms with Crippen LogP contribution in [0.2, 0.25) is 0 Å². The summed E-state index contributed by atoms with van der Waals surface area (Å²) in [5, 5.41) is 6.89. The molecule has 1 saturated carbocycles. The molecule has 3 rings (SSSR count). The highest BCUT2D eigenvalue weighted by Crippen LogP contribution is 2.44. The number of hydrogen-bond donors (Lipinski definition) is 2. The highest BCUT2D eigenvalue weighted by atomic mass is 16.5. The third-order valence-corrected chi connectivity index (χ3v) is 5.62. The van der Waals surface area contributed by atoms with Crippen LogP contribution < -0.4 is 15.4 Å². The fraction of sp³-hybridized carbons (Fsp3) is 0.545. The standard InChI is InChI=1S/C22H32N4O2/c1-5-23-21(24-14-20-26-16(2)17(3)28-20)25-15-22(12-8-9-13-22)18-10-6-7-11-19(18)27-4/h6-7,10-11H,5,8-9,12-15H2,1-4H3,(H2,23,24,25). The minimum Gasteiger partial charge on any atom is -0.496 e. The smallest absolute Gasteiger partial charge is 0.216 e. The number of oxazole rings is 1. The SMILES string of the molecule is CCNC(=NCc1nc(C)c(C)o1)NCC1(c2ccccc2OC)CCCC1. The molecule has 1 fully saturated rings. The number of para-hydroxylation sites is 1. The molecular formula is C22H32N4O2. The Hall–Kier alpha value is -2.50. The van der Waals surface area contributed by atoms with Crippen molar-refractivity contribution in [3.8, 4) is 5.75 Å². The van der Waals surface area contributed by atoms with Gasteiger partial charge in [-0.15, -0.1) is 0 Å². The number of rotatable bonds is 7. The van der Waals surface area contributed by atoms with E-state index in [-0.39, 0.29) is 5.41 Å². The van der Waals surface area contributed by atoms with Gasteiger partial charge >= 0.3 is 0 Å². The summed E-state index contributed by atoms with van der Waals surface area (Å²) < 4.78 is 11.3. The van der Waals surface area contributed by atoms with Gasteiger partial charge in [0.2, 0.25) is 5.89 Å². The molecule has 0 bridgehead atoms. The van der Waals surface area contributed by atoms with Gasteiger partial charge in [0.1, 0.15) is 18.1 Å². The van der Waals surface area contributed by atoms with E-state index in [1.54, 1.807) is 7.11 Å². The van der Waals surface area contributed by atoms with E-state index in [1.165, 1.54) is 18.4 Å². The van der Waals surface area contributed by atoms with Crippen LogP contribution in [-0.2, 0) is 12.0 Å². The van der Waals surface area contributed by atoms with E-state index in [9.17, 15) is 0 Å². The van der Waals surface area contributed by atoms with Gasteiger partial charge in [0.05, 0.1) is 12.8 Å². The Labute approximate surface area is 167 Å². The summed E-state index contributed by atoms with van der Waals surface area (Å²) in [5.41, 5.74) is 2.28. The van der Waals surface area contributed by atoms with Crippen molar-refractivity contribution < 1.29 is 9.15 Å². The van der Waals surface area contributed by atoms with E-state index in [0.717, 1.165) is 49.1 Å². The molecule has 1 aromatic carbocycles. The maximum atomic E-state index is 5.66. The lowest BCUT2D eigenvalue weighted by Crippen LogP contribution is -2.44. The maximum Gasteiger partial charge on any atom is 0.216 e. The largest absolute Gasteiger partial charge is 0.496 e. The third-order valence-electron chi connectivity index (χ3n) is 5.62. The number of benzene rings is 1. The lowest BCUT2D eigenvalue weighted by Gasteiger charge is -2.32. The zero-order valence-electron chi connectivity index (χ0n) is 17.5. The van der Waals surface area contributed by atoms with E-state index in [0.29, 0.717) is 12.4 Å². The van der Waals surface area contributed by atoms with E-state index < -0.39 is 0 Å². The highest BCUT2D eigenvalue weighted by Gasteiger charge is 2.37. The van der Waals surface area contributed by atoms with Gasteiger partial charge in [-0.25, -0.2) is 9.98 Å². The van der Waals surface area contributed by atoms with Crippen molar-refractivity contribution in [1.29, 1.82) is 0 Å². The van der Waals surface area contributed by atoms with Gasteiger partial charge in [-0.2, -0.15) is 0 Å². The highest BCUT2D eigenvalue weighted by molar-refractivity contribution is 5.79. The summed E-state index contributed by atoms with van der Waals surface area (Å²) in [6.07, 6.45) is 4.78. The Kier molecular flexibility index (Phi) is 6.60. The Bertz CT molecular complexity index is 787. The molecule has 0 spiro atoms. The molecule has 0 saturated heterocycles. The fourth-order valence-electron chi connectivity index (χ4n) is 4.02. The van der Waals surface area contributed by atoms with Crippen molar-refractivity contribution in [1.82, 2.24) is 15.6 Å². The van der Waals surface area contributed by atoms with Crippen molar-refractivity contribution in [3.63, 3.8) is 0 Å². The molecule has 6 heteroatoms. The van der Waals surface area contributed by atoms with Crippen LogP contribution in [0, 0.1) is 13.8 Å². The number of hydrogen-bond acceptors (Lipinski definition) is 4. The first kappa shape index (κ1) is 20.2. The molecule has 1 aromatic heterocycles. The number of methoxy groups -OCH3 is 1. The molecule has 152 valence electrons. The molecule has 6 nitrogen and oxygen atoms in total. The van der Waals surface area contributed by atoms with E-state index in [1.807, 2.05) is 19.9 Å². The third kappa shape index (κ3) is 4.49. The van der Waals surface area contributed by atoms with Gasteiger partial charge < -0.3 is 19.8 Å².